The molecule has 0 bridgehead atoms. The van der Waals surface area contributed by atoms with Gasteiger partial charge in [0.2, 0.25) is 0 Å². The first kappa shape index (κ1) is 9.73. The van der Waals surface area contributed by atoms with Gasteiger partial charge >= 0.3 is 0 Å². The van der Waals surface area contributed by atoms with Crippen LogP contribution in [-0.4, -0.2) is 0 Å². The Morgan fingerprint density at radius 3 is 2.33 bits per heavy atom. The van der Waals surface area contributed by atoms with E-state index in [0.717, 1.165) is 11.1 Å². The van der Waals surface area contributed by atoms with Gasteiger partial charge in [0, 0.05) is 5.56 Å². The summed E-state index contributed by atoms with van der Waals surface area (Å²) in [6.45, 7) is 6.25. The van der Waals surface area contributed by atoms with E-state index < -0.39 is 0 Å². The summed E-state index contributed by atoms with van der Waals surface area (Å²) in [6.07, 6.45) is 0. The van der Waals surface area contributed by atoms with Crippen LogP contribution in [0, 0.1) is 32.1 Å². The average Bonchev–Trinajstić information content (AvgIpc) is 2.55. The van der Waals surface area contributed by atoms with Crippen LogP contribution in [0.2, 0.25) is 0 Å². The molecule has 2 aliphatic rings. The van der Waals surface area contributed by atoms with Gasteiger partial charge in [0.15, 0.2) is 0 Å². The van der Waals surface area contributed by atoms with Crippen molar-refractivity contribution in [3.05, 3.63) is 46.5 Å². The molecule has 0 aliphatic heterocycles. The highest BCUT2D eigenvalue weighted by atomic mass is 14.3. The van der Waals surface area contributed by atoms with Gasteiger partial charge < -0.3 is 0 Å². The Morgan fingerprint density at radius 1 is 1.00 bits per heavy atom. The predicted octanol–water partition coefficient (Wildman–Crippen LogP) is 3.59. The fraction of sp³-hybridized carbons (Fsp3) is 0.214. The molecule has 1 heteroatoms. The van der Waals surface area contributed by atoms with Gasteiger partial charge in [-0.15, -0.1) is 0 Å². The van der Waals surface area contributed by atoms with Gasteiger partial charge in [0.05, 0.1) is 11.6 Å². The van der Waals surface area contributed by atoms with Crippen molar-refractivity contribution in [2.45, 2.75) is 20.8 Å². The second kappa shape index (κ2) is 3.40. The minimum Gasteiger partial charge on any atom is -0.192 e. The van der Waals surface area contributed by atoms with Crippen molar-refractivity contribution in [3.63, 3.8) is 0 Å². The standard InChI is InChI=1S/C14H13N/c1-9-6-10(2)13-5-4-12(8-15)14(13)11(3)7-9/h4-7H,1-3H3. The predicted molar refractivity (Wildman–Crippen MR) is 62.0 cm³/mol. The Balaban J connectivity index is 2.90. The number of hydrogen-bond donors (Lipinski definition) is 0. The second-order valence-corrected chi connectivity index (χ2v) is 4.05. The van der Waals surface area contributed by atoms with Gasteiger partial charge in [0.25, 0.3) is 0 Å². The van der Waals surface area contributed by atoms with Gasteiger partial charge in [-0.25, -0.2) is 0 Å². The monoisotopic (exact) mass is 195 g/mol. The summed E-state index contributed by atoms with van der Waals surface area (Å²) < 4.78 is 0. The summed E-state index contributed by atoms with van der Waals surface area (Å²) in [7, 11) is 0. The molecule has 0 aromatic rings. The maximum Gasteiger partial charge on any atom is 0.0998 e. The van der Waals surface area contributed by atoms with Crippen molar-refractivity contribution in [2.24, 2.45) is 0 Å². The summed E-state index contributed by atoms with van der Waals surface area (Å²) in [4.78, 5) is 0. The highest BCUT2D eigenvalue weighted by molar-refractivity contribution is 5.79. The van der Waals surface area contributed by atoms with Gasteiger partial charge in [-0.3, -0.25) is 0 Å². The van der Waals surface area contributed by atoms with E-state index in [1.807, 2.05) is 12.1 Å². The molecule has 74 valence electrons. The molecule has 0 aromatic carbocycles. The lowest BCUT2D eigenvalue weighted by Crippen LogP contribution is -1.80. The smallest absolute Gasteiger partial charge is 0.0998 e. The van der Waals surface area contributed by atoms with Crippen LogP contribution in [0.1, 0.15) is 22.3 Å². The molecule has 0 atom stereocenters. The second-order valence-electron chi connectivity index (χ2n) is 4.05. The molecule has 0 heterocycles. The van der Waals surface area contributed by atoms with E-state index in [0.29, 0.717) is 0 Å². The molecule has 15 heavy (non-hydrogen) atoms. The molecule has 0 spiro atoms. The number of nitrogens with zero attached hydrogens (tertiary/aromatic N) is 1. The third-order valence-corrected chi connectivity index (χ3v) is 2.78. The minimum absolute atomic E-state index is 0.779. The zero-order chi connectivity index (χ0) is 11.0. The first-order valence-electron chi connectivity index (χ1n) is 5.04. The quantitative estimate of drug-likeness (QED) is 0.630. The largest absolute Gasteiger partial charge is 0.192 e. The lowest BCUT2D eigenvalue weighted by molar-refractivity contribution is 1.42. The number of fused-ring (bicyclic) bond motifs is 1. The van der Waals surface area contributed by atoms with E-state index in [1.54, 1.807) is 0 Å². The molecule has 0 N–H and O–H groups in total. The van der Waals surface area contributed by atoms with Crippen molar-refractivity contribution in [1.29, 1.82) is 5.26 Å². The van der Waals surface area contributed by atoms with Crippen LogP contribution in [0.25, 0.3) is 11.1 Å². The number of rotatable bonds is 0. The van der Waals surface area contributed by atoms with E-state index >= 15 is 0 Å². The molecule has 0 fully saturated rings. The third-order valence-electron chi connectivity index (χ3n) is 2.78. The lowest BCUT2D eigenvalue weighted by Gasteiger charge is -2.00. The van der Waals surface area contributed by atoms with Crippen LogP contribution in [-0.2, 0) is 0 Å². The van der Waals surface area contributed by atoms with Crippen molar-refractivity contribution in [3.8, 4) is 17.2 Å². The fourth-order valence-corrected chi connectivity index (χ4v) is 2.20. The summed E-state index contributed by atoms with van der Waals surface area (Å²) in [5, 5.41) is 9.04. The van der Waals surface area contributed by atoms with Crippen molar-refractivity contribution in [2.75, 3.05) is 0 Å². The van der Waals surface area contributed by atoms with Gasteiger partial charge in [-0.2, -0.15) is 5.26 Å². The van der Waals surface area contributed by atoms with Crippen LogP contribution in [0.15, 0.2) is 24.3 Å². The zero-order valence-corrected chi connectivity index (χ0v) is 9.26. The molecule has 0 saturated heterocycles. The molecule has 2 aliphatic carbocycles. The molecule has 0 aromatic heterocycles. The highest BCUT2D eigenvalue weighted by Crippen LogP contribution is 2.33. The van der Waals surface area contributed by atoms with Crippen LogP contribution < -0.4 is 0 Å². The maximum absolute atomic E-state index is 9.04. The van der Waals surface area contributed by atoms with E-state index in [-0.39, 0.29) is 0 Å². The molecular formula is C14H13N. The first-order valence-corrected chi connectivity index (χ1v) is 5.04. The molecule has 0 saturated carbocycles. The van der Waals surface area contributed by atoms with Gasteiger partial charge in [-0.1, -0.05) is 23.8 Å². The highest BCUT2D eigenvalue weighted by Gasteiger charge is 2.13. The van der Waals surface area contributed by atoms with Crippen LogP contribution >= 0.6 is 0 Å². The van der Waals surface area contributed by atoms with Crippen molar-refractivity contribution >= 4 is 0 Å². The molecule has 0 amide bonds. The lowest BCUT2D eigenvalue weighted by atomic mass is 10.0. The minimum atomic E-state index is 0.779. The fourth-order valence-electron chi connectivity index (χ4n) is 2.20. The summed E-state index contributed by atoms with van der Waals surface area (Å²) in [5.74, 6) is 0. The van der Waals surface area contributed by atoms with Gasteiger partial charge in [0.1, 0.15) is 0 Å². The van der Waals surface area contributed by atoms with E-state index in [4.69, 9.17) is 5.26 Å². The Labute approximate surface area is 90.3 Å². The molecule has 0 unspecified atom stereocenters. The van der Waals surface area contributed by atoms with Crippen molar-refractivity contribution in [1.82, 2.24) is 0 Å². The Kier molecular flexibility index (Phi) is 2.21. The van der Waals surface area contributed by atoms with Crippen molar-refractivity contribution < 1.29 is 0 Å². The van der Waals surface area contributed by atoms with Gasteiger partial charge in [-0.05, 0) is 43.5 Å². The average molecular weight is 195 g/mol. The first-order chi connectivity index (χ1) is 7.13. The van der Waals surface area contributed by atoms with Crippen LogP contribution in [0.3, 0.4) is 0 Å². The van der Waals surface area contributed by atoms with E-state index in [9.17, 15) is 0 Å². The van der Waals surface area contributed by atoms with Crippen LogP contribution in [0.4, 0.5) is 0 Å². The molecule has 2 rings (SSSR count). The number of nitriles is 1. The Morgan fingerprint density at radius 2 is 1.67 bits per heavy atom. The van der Waals surface area contributed by atoms with E-state index in [1.165, 1.54) is 22.3 Å². The normalized spacial score (nSPS) is 10.3. The summed E-state index contributed by atoms with van der Waals surface area (Å²) in [6, 6.07) is 10.5. The zero-order valence-electron chi connectivity index (χ0n) is 9.26. The summed E-state index contributed by atoms with van der Waals surface area (Å²) >= 11 is 0. The number of aryl methyl sites for hydroxylation is 3. The topological polar surface area (TPSA) is 23.8 Å². The Bertz CT molecular complexity index is 532. The SMILES string of the molecule is Cc1cc(C)c2ccc(C#N)c-2c(C)c1. The molecular weight excluding hydrogens is 182 g/mol. The molecule has 1 nitrogen and oxygen atoms in total. The third kappa shape index (κ3) is 1.49. The maximum atomic E-state index is 9.04. The van der Waals surface area contributed by atoms with Crippen LogP contribution in [0.5, 0.6) is 0 Å². The number of hydrogen-bond acceptors (Lipinski definition) is 1. The van der Waals surface area contributed by atoms with E-state index in [2.05, 4.69) is 39.0 Å². The Hall–Kier alpha value is -1.81. The summed E-state index contributed by atoms with van der Waals surface area (Å²) in [5.41, 5.74) is 6.72. The molecule has 0 radical (unpaired) electrons.